The predicted molar refractivity (Wildman–Crippen MR) is 129 cm³/mol. The van der Waals surface area contributed by atoms with Gasteiger partial charge >= 0.3 is 0 Å². The Bertz CT molecular complexity index is 1270. The van der Waals surface area contributed by atoms with Gasteiger partial charge in [0.05, 0.1) is 11.0 Å². The first-order valence-electron chi connectivity index (χ1n) is 10.5. The van der Waals surface area contributed by atoms with Crippen LogP contribution in [0.4, 0.5) is 5.69 Å². The Hall–Kier alpha value is -3.84. The monoisotopic (exact) mass is 462 g/mol. The molecule has 0 saturated carbocycles. The van der Waals surface area contributed by atoms with Gasteiger partial charge in [-0.2, -0.15) is 0 Å². The fraction of sp³-hybridized carbons (Fsp3) is 0.160. The molecule has 1 heterocycles. The number of halogens is 1. The smallest absolute Gasteiger partial charge is 0.262 e. The first-order valence-corrected chi connectivity index (χ1v) is 10.8. The number of carbonyl (C=O) groups excluding carboxylic acids is 2. The van der Waals surface area contributed by atoms with Crippen molar-refractivity contribution in [3.8, 4) is 5.75 Å². The number of carbonyl (C=O) groups is 2. The number of aryl methyl sites for hydroxylation is 1. The summed E-state index contributed by atoms with van der Waals surface area (Å²) in [7, 11) is 1.93. The van der Waals surface area contributed by atoms with E-state index < -0.39 is 0 Å². The summed E-state index contributed by atoms with van der Waals surface area (Å²) in [5.74, 6) is 1.02. The number of ether oxygens (including phenoxy) is 1. The number of hydrogen-bond donors (Lipinski definition) is 2. The van der Waals surface area contributed by atoms with Crippen molar-refractivity contribution in [2.75, 3.05) is 18.5 Å². The average Bonchev–Trinajstić information content (AvgIpc) is 3.14. The quantitative estimate of drug-likeness (QED) is 0.410. The molecule has 0 saturated heterocycles. The largest absolute Gasteiger partial charge is 0.484 e. The van der Waals surface area contributed by atoms with Gasteiger partial charge in [-0.25, -0.2) is 4.98 Å². The fourth-order valence-electron chi connectivity index (χ4n) is 3.41. The molecule has 0 bridgehead atoms. The molecule has 0 unspecified atom stereocenters. The summed E-state index contributed by atoms with van der Waals surface area (Å²) in [4.78, 5) is 29.1. The Labute approximate surface area is 196 Å². The van der Waals surface area contributed by atoms with Gasteiger partial charge in [-0.3, -0.25) is 9.59 Å². The SMILES string of the molecule is Cn1c(CCNC(=O)c2ccccc2)nc2cc(NC(=O)COc3ccc(Cl)cc3)ccc21. The van der Waals surface area contributed by atoms with E-state index in [-0.39, 0.29) is 18.4 Å². The lowest BCUT2D eigenvalue weighted by Gasteiger charge is -2.08. The van der Waals surface area contributed by atoms with E-state index in [4.69, 9.17) is 16.3 Å². The van der Waals surface area contributed by atoms with Crippen LogP contribution in [0.25, 0.3) is 11.0 Å². The third-order valence-electron chi connectivity index (χ3n) is 5.11. The van der Waals surface area contributed by atoms with Crippen LogP contribution in [0.2, 0.25) is 5.02 Å². The molecule has 0 spiro atoms. The van der Waals surface area contributed by atoms with Gasteiger partial charge in [0.15, 0.2) is 6.61 Å². The molecule has 1 aromatic heterocycles. The van der Waals surface area contributed by atoms with Crippen LogP contribution >= 0.6 is 11.6 Å². The molecular formula is C25H23ClN4O3. The van der Waals surface area contributed by atoms with E-state index in [0.717, 1.165) is 16.9 Å². The van der Waals surface area contributed by atoms with Crippen LogP contribution in [0.1, 0.15) is 16.2 Å². The standard InChI is InChI=1S/C25H23ClN4O3/c1-30-22-12-9-19(28-24(31)16-33-20-10-7-18(26)8-11-20)15-21(22)29-23(30)13-14-27-25(32)17-5-3-2-4-6-17/h2-12,15H,13-14,16H2,1H3,(H,27,32)(H,28,31). The number of fused-ring (bicyclic) bond motifs is 1. The third-order valence-corrected chi connectivity index (χ3v) is 5.36. The summed E-state index contributed by atoms with van der Waals surface area (Å²) in [5.41, 5.74) is 2.96. The highest BCUT2D eigenvalue weighted by molar-refractivity contribution is 6.30. The Morgan fingerprint density at radius 1 is 1.03 bits per heavy atom. The first kappa shape index (κ1) is 22.4. The van der Waals surface area contributed by atoms with E-state index in [1.54, 1.807) is 36.4 Å². The highest BCUT2D eigenvalue weighted by Crippen LogP contribution is 2.20. The van der Waals surface area contributed by atoms with Crippen molar-refractivity contribution in [1.82, 2.24) is 14.9 Å². The Balaban J connectivity index is 1.34. The summed E-state index contributed by atoms with van der Waals surface area (Å²) >= 11 is 5.85. The molecule has 0 atom stereocenters. The van der Waals surface area contributed by atoms with Crippen molar-refractivity contribution in [2.45, 2.75) is 6.42 Å². The summed E-state index contributed by atoms with van der Waals surface area (Å²) in [6, 6.07) is 21.5. The van der Waals surface area contributed by atoms with E-state index in [9.17, 15) is 9.59 Å². The van der Waals surface area contributed by atoms with Gasteiger partial charge < -0.3 is 19.9 Å². The number of hydrogen-bond acceptors (Lipinski definition) is 4. The van der Waals surface area contributed by atoms with Gasteiger partial charge in [0.25, 0.3) is 11.8 Å². The molecule has 4 aromatic rings. The minimum Gasteiger partial charge on any atom is -0.484 e. The van der Waals surface area contributed by atoms with Crippen molar-refractivity contribution in [1.29, 1.82) is 0 Å². The lowest BCUT2D eigenvalue weighted by molar-refractivity contribution is -0.118. The normalized spacial score (nSPS) is 10.7. The molecule has 0 aliphatic rings. The second kappa shape index (κ2) is 10.2. The van der Waals surface area contributed by atoms with E-state index in [1.807, 2.05) is 48.0 Å². The van der Waals surface area contributed by atoms with Crippen molar-refractivity contribution in [2.24, 2.45) is 7.05 Å². The maximum Gasteiger partial charge on any atom is 0.262 e. The molecule has 3 aromatic carbocycles. The predicted octanol–water partition coefficient (Wildman–Crippen LogP) is 4.22. The molecule has 2 N–H and O–H groups in total. The number of amides is 2. The van der Waals surface area contributed by atoms with E-state index >= 15 is 0 Å². The van der Waals surface area contributed by atoms with Crippen LogP contribution in [-0.4, -0.2) is 34.5 Å². The van der Waals surface area contributed by atoms with Crippen LogP contribution < -0.4 is 15.4 Å². The number of rotatable bonds is 8. The van der Waals surface area contributed by atoms with Crippen LogP contribution in [0.5, 0.6) is 5.75 Å². The Kier molecular flexibility index (Phi) is 6.90. The van der Waals surface area contributed by atoms with E-state index in [2.05, 4.69) is 15.6 Å². The first-order chi connectivity index (χ1) is 16.0. The van der Waals surface area contributed by atoms with Crippen molar-refractivity contribution in [3.05, 3.63) is 89.2 Å². The van der Waals surface area contributed by atoms with Crippen molar-refractivity contribution >= 4 is 40.1 Å². The fourth-order valence-corrected chi connectivity index (χ4v) is 3.53. The maximum atomic E-state index is 12.3. The maximum absolute atomic E-state index is 12.3. The zero-order valence-corrected chi connectivity index (χ0v) is 18.8. The number of anilines is 1. The zero-order valence-electron chi connectivity index (χ0n) is 18.0. The summed E-state index contributed by atoms with van der Waals surface area (Å²) in [6.07, 6.45) is 0.584. The van der Waals surface area contributed by atoms with Gasteiger partial charge in [-0.1, -0.05) is 29.8 Å². The Morgan fingerprint density at radius 2 is 1.79 bits per heavy atom. The molecule has 0 radical (unpaired) electrons. The second-order valence-corrected chi connectivity index (χ2v) is 7.89. The third kappa shape index (κ3) is 5.70. The van der Waals surface area contributed by atoms with Crippen LogP contribution in [-0.2, 0) is 18.3 Å². The molecule has 8 heteroatoms. The van der Waals surface area contributed by atoms with Gasteiger partial charge in [-0.05, 0) is 54.6 Å². The lowest BCUT2D eigenvalue weighted by Crippen LogP contribution is -2.26. The molecular weight excluding hydrogens is 440 g/mol. The van der Waals surface area contributed by atoms with E-state index in [1.165, 1.54) is 0 Å². The molecule has 0 aliphatic heterocycles. The summed E-state index contributed by atoms with van der Waals surface area (Å²) < 4.78 is 7.46. The highest BCUT2D eigenvalue weighted by atomic mass is 35.5. The minimum atomic E-state index is -0.274. The van der Waals surface area contributed by atoms with Crippen molar-refractivity contribution < 1.29 is 14.3 Å². The van der Waals surface area contributed by atoms with Gasteiger partial charge in [0.2, 0.25) is 0 Å². The molecule has 0 fully saturated rings. The summed E-state index contributed by atoms with van der Waals surface area (Å²) in [5, 5.41) is 6.35. The molecule has 168 valence electrons. The number of nitrogens with one attached hydrogen (secondary N) is 2. The van der Waals surface area contributed by atoms with Crippen LogP contribution in [0.15, 0.2) is 72.8 Å². The zero-order chi connectivity index (χ0) is 23.2. The molecule has 33 heavy (non-hydrogen) atoms. The van der Waals surface area contributed by atoms with Crippen LogP contribution in [0.3, 0.4) is 0 Å². The highest BCUT2D eigenvalue weighted by Gasteiger charge is 2.11. The lowest BCUT2D eigenvalue weighted by atomic mass is 10.2. The van der Waals surface area contributed by atoms with Crippen molar-refractivity contribution in [3.63, 3.8) is 0 Å². The number of imidazole rings is 1. The van der Waals surface area contributed by atoms with Gasteiger partial charge in [0.1, 0.15) is 11.6 Å². The van der Waals surface area contributed by atoms with E-state index in [0.29, 0.717) is 35.0 Å². The Morgan fingerprint density at radius 3 is 2.55 bits per heavy atom. The number of aromatic nitrogens is 2. The molecule has 2 amide bonds. The molecule has 0 aliphatic carbocycles. The molecule has 7 nitrogen and oxygen atoms in total. The minimum absolute atomic E-state index is 0.111. The average molecular weight is 463 g/mol. The van der Waals surface area contributed by atoms with Gasteiger partial charge in [-0.15, -0.1) is 0 Å². The second-order valence-electron chi connectivity index (χ2n) is 7.45. The van der Waals surface area contributed by atoms with Crippen LogP contribution in [0, 0.1) is 0 Å². The number of benzene rings is 3. The van der Waals surface area contributed by atoms with Gasteiger partial charge in [0, 0.05) is 36.3 Å². The molecule has 4 rings (SSSR count). The topological polar surface area (TPSA) is 85.3 Å². The number of nitrogens with zero attached hydrogens (tertiary/aromatic N) is 2. The summed E-state index contributed by atoms with van der Waals surface area (Å²) in [6.45, 7) is 0.352.